The summed E-state index contributed by atoms with van der Waals surface area (Å²) in [5.74, 6) is 0.562. The summed E-state index contributed by atoms with van der Waals surface area (Å²) in [5.41, 5.74) is 7.75. The van der Waals surface area contributed by atoms with Gasteiger partial charge in [0, 0.05) is 5.56 Å². The van der Waals surface area contributed by atoms with Crippen molar-refractivity contribution >= 4 is 11.3 Å². The molecule has 0 aliphatic rings. The van der Waals surface area contributed by atoms with E-state index in [1.165, 1.54) is 7.11 Å². The van der Waals surface area contributed by atoms with Crippen molar-refractivity contribution in [3.63, 3.8) is 0 Å². The first-order valence-corrected chi connectivity index (χ1v) is 5.82. The maximum absolute atomic E-state index is 9.96. The molecule has 0 spiro atoms. The van der Waals surface area contributed by atoms with Crippen LogP contribution in [-0.4, -0.2) is 12.2 Å². The van der Waals surface area contributed by atoms with Gasteiger partial charge in [0.15, 0.2) is 11.5 Å². The molecule has 1 aromatic heterocycles. The molecule has 84 valence electrons. The summed E-state index contributed by atoms with van der Waals surface area (Å²) < 4.78 is 5.05. The summed E-state index contributed by atoms with van der Waals surface area (Å²) in [6.45, 7) is 0. The van der Waals surface area contributed by atoms with E-state index in [4.69, 9.17) is 10.5 Å². The van der Waals surface area contributed by atoms with Crippen LogP contribution in [-0.2, 0) is 0 Å². The van der Waals surface area contributed by atoms with Crippen LogP contribution in [0.5, 0.6) is 11.5 Å². The van der Waals surface area contributed by atoms with Gasteiger partial charge in [0.2, 0.25) is 0 Å². The molecule has 3 N–H and O–H groups in total. The van der Waals surface area contributed by atoms with Crippen LogP contribution in [0.1, 0.15) is 17.2 Å². The second kappa shape index (κ2) is 4.55. The lowest BCUT2D eigenvalue weighted by Gasteiger charge is -2.14. The summed E-state index contributed by atoms with van der Waals surface area (Å²) in [6, 6.07) is 6.97. The Kier molecular flexibility index (Phi) is 3.12. The summed E-state index contributed by atoms with van der Waals surface area (Å²) in [7, 11) is 1.52. The number of benzene rings is 1. The third-order valence-electron chi connectivity index (χ3n) is 2.49. The predicted octanol–water partition coefficient (Wildman–Crippen LogP) is 2.51. The number of nitrogens with two attached hydrogens (primary N) is 1. The number of methoxy groups -OCH3 is 1. The maximum atomic E-state index is 9.96. The van der Waals surface area contributed by atoms with Crippen molar-refractivity contribution < 1.29 is 9.84 Å². The molecule has 3 nitrogen and oxygen atoms in total. The SMILES string of the molecule is COc1cccc([C@@H](N)c2ccsc2)c1O. The highest BCUT2D eigenvalue weighted by Gasteiger charge is 2.15. The molecule has 16 heavy (non-hydrogen) atoms. The van der Waals surface area contributed by atoms with E-state index in [2.05, 4.69) is 0 Å². The van der Waals surface area contributed by atoms with Gasteiger partial charge < -0.3 is 15.6 Å². The molecule has 0 fully saturated rings. The van der Waals surface area contributed by atoms with E-state index in [0.29, 0.717) is 11.3 Å². The summed E-state index contributed by atoms with van der Waals surface area (Å²) in [5, 5.41) is 13.9. The highest BCUT2D eigenvalue weighted by atomic mass is 32.1. The van der Waals surface area contributed by atoms with Crippen LogP contribution in [0.15, 0.2) is 35.0 Å². The van der Waals surface area contributed by atoms with Gasteiger partial charge in [0.05, 0.1) is 13.2 Å². The predicted molar refractivity (Wildman–Crippen MR) is 65.0 cm³/mol. The second-order valence-electron chi connectivity index (χ2n) is 3.43. The first-order chi connectivity index (χ1) is 7.74. The fourth-order valence-electron chi connectivity index (χ4n) is 1.59. The van der Waals surface area contributed by atoms with Gasteiger partial charge in [-0.1, -0.05) is 12.1 Å². The van der Waals surface area contributed by atoms with Crippen molar-refractivity contribution in [2.75, 3.05) is 7.11 Å². The molecule has 0 amide bonds. The molecule has 4 heteroatoms. The Morgan fingerprint density at radius 1 is 1.38 bits per heavy atom. The Balaban J connectivity index is 2.41. The third-order valence-corrected chi connectivity index (χ3v) is 3.19. The number of aromatic hydroxyl groups is 1. The number of thiophene rings is 1. The molecule has 0 bridgehead atoms. The lowest BCUT2D eigenvalue weighted by Crippen LogP contribution is -2.11. The zero-order valence-electron chi connectivity index (χ0n) is 8.88. The van der Waals surface area contributed by atoms with Gasteiger partial charge in [0.1, 0.15) is 0 Å². The van der Waals surface area contributed by atoms with Crippen molar-refractivity contribution in [3.8, 4) is 11.5 Å². The normalized spacial score (nSPS) is 12.4. The van der Waals surface area contributed by atoms with Gasteiger partial charge >= 0.3 is 0 Å². The van der Waals surface area contributed by atoms with Gasteiger partial charge in [-0.3, -0.25) is 0 Å². The van der Waals surface area contributed by atoms with E-state index in [0.717, 1.165) is 5.56 Å². The number of ether oxygens (including phenoxy) is 1. The van der Waals surface area contributed by atoms with Crippen LogP contribution in [0.4, 0.5) is 0 Å². The topological polar surface area (TPSA) is 55.5 Å². The molecule has 0 saturated carbocycles. The Morgan fingerprint density at radius 2 is 2.19 bits per heavy atom. The average Bonchev–Trinajstić information content (AvgIpc) is 2.82. The van der Waals surface area contributed by atoms with E-state index in [9.17, 15) is 5.11 Å². The van der Waals surface area contributed by atoms with Crippen molar-refractivity contribution in [2.24, 2.45) is 5.73 Å². The third kappa shape index (κ3) is 1.89. The van der Waals surface area contributed by atoms with Gasteiger partial charge in [-0.15, -0.1) is 0 Å². The van der Waals surface area contributed by atoms with Crippen molar-refractivity contribution in [3.05, 3.63) is 46.2 Å². The number of rotatable bonds is 3. The van der Waals surface area contributed by atoms with E-state index in [1.54, 1.807) is 23.5 Å². The molecule has 0 aliphatic carbocycles. The Morgan fingerprint density at radius 3 is 2.81 bits per heavy atom. The quantitative estimate of drug-likeness (QED) is 0.859. The highest BCUT2D eigenvalue weighted by Crippen LogP contribution is 2.35. The standard InChI is InChI=1S/C12H13NO2S/c1-15-10-4-2-3-9(12(10)14)11(13)8-5-6-16-7-8/h2-7,11,14H,13H2,1H3/t11-/m0/s1. The molecule has 0 saturated heterocycles. The number of hydrogen-bond acceptors (Lipinski definition) is 4. The zero-order chi connectivity index (χ0) is 11.5. The van der Waals surface area contributed by atoms with Crippen LogP contribution in [0.2, 0.25) is 0 Å². The number of phenols is 1. The summed E-state index contributed by atoms with van der Waals surface area (Å²) in [6.07, 6.45) is 0. The molecule has 1 heterocycles. The summed E-state index contributed by atoms with van der Waals surface area (Å²) in [4.78, 5) is 0. The minimum atomic E-state index is -0.318. The molecule has 1 aromatic carbocycles. The number of para-hydroxylation sites is 1. The fourth-order valence-corrected chi connectivity index (χ4v) is 2.28. The Bertz CT molecular complexity index is 468. The Hall–Kier alpha value is -1.52. The van der Waals surface area contributed by atoms with Gasteiger partial charge in [-0.05, 0) is 28.5 Å². The van der Waals surface area contributed by atoms with Crippen molar-refractivity contribution in [1.29, 1.82) is 0 Å². The smallest absolute Gasteiger partial charge is 0.162 e. The van der Waals surface area contributed by atoms with Crippen LogP contribution in [0, 0.1) is 0 Å². The van der Waals surface area contributed by atoms with Gasteiger partial charge in [-0.2, -0.15) is 11.3 Å². The number of phenolic OH excluding ortho intramolecular Hbond substituents is 1. The lowest BCUT2D eigenvalue weighted by atomic mass is 10.0. The molecular formula is C12H13NO2S. The highest BCUT2D eigenvalue weighted by molar-refractivity contribution is 7.08. The largest absolute Gasteiger partial charge is 0.504 e. The Labute approximate surface area is 98.1 Å². The van der Waals surface area contributed by atoms with E-state index >= 15 is 0 Å². The molecule has 2 aromatic rings. The van der Waals surface area contributed by atoms with Crippen molar-refractivity contribution in [1.82, 2.24) is 0 Å². The molecule has 0 unspecified atom stereocenters. The molecule has 0 aliphatic heterocycles. The fraction of sp³-hybridized carbons (Fsp3) is 0.167. The van der Waals surface area contributed by atoms with E-state index in [1.807, 2.05) is 22.9 Å². The second-order valence-corrected chi connectivity index (χ2v) is 4.21. The van der Waals surface area contributed by atoms with Crippen LogP contribution in [0.25, 0.3) is 0 Å². The zero-order valence-corrected chi connectivity index (χ0v) is 9.70. The lowest BCUT2D eigenvalue weighted by molar-refractivity contribution is 0.369. The minimum absolute atomic E-state index is 0.115. The van der Waals surface area contributed by atoms with Crippen LogP contribution in [0.3, 0.4) is 0 Å². The van der Waals surface area contributed by atoms with Crippen LogP contribution >= 0.6 is 11.3 Å². The van der Waals surface area contributed by atoms with Crippen molar-refractivity contribution in [2.45, 2.75) is 6.04 Å². The molecule has 2 rings (SSSR count). The maximum Gasteiger partial charge on any atom is 0.162 e. The molecule has 0 radical (unpaired) electrons. The van der Waals surface area contributed by atoms with Gasteiger partial charge in [-0.25, -0.2) is 0 Å². The number of hydrogen-bond donors (Lipinski definition) is 2. The minimum Gasteiger partial charge on any atom is -0.504 e. The first-order valence-electron chi connectivity index (χ1n) is 4.87. The molecule has 1 atom stereocenters. The monoisotopic (exact) mass is 235 g/mol. The van der Waals surface area contributed by atoms with Crippen LogP contribution < -0.4 is 10.5 Å². The average molecular weight is 235 g/mol. The van der Waals surface area contributed by atoms with Gasteiger partial charge in [0.25, 0.3) is 0 Å². The van der Waals surface area contributed by atoms with E-state index in [-0.39, 0.29) is 11.8 Å². The molecular weight excluding hydrogens is 222 g/mol. The summed E-state index contributed by atoms with van der Waals surface area (Å²) >= 11 is 1.59. The first kappa shape index (κ1) is 11.0. The van der Waals surface area contributed by atoms with E-state index < -0.39 is 0 Å².